The van der Waals surface area contributed by atoms with Crippen LogP contribution in [0, 0.1) is 0 Å². The molecule has 0 rings (SSSR count). The monoisotopic (exact) mass is 1150 g/mol. The summed E-state index contributed by atoms with van der Waals surface area (Å²) in [5.74, 6) is -0.864. The van der Waals surface area contributed by atoms with E-state index in [1.165, 1.54) is 238 Å². The third kappa shape index (κ3) is 67.6. The van der Waals surface area contributed by atoms with Crippen molar-refractivity contribution in [2.75, 3.05) is 13.2 Å². The smallest absolute Gasteiger partial charge is 0.306 e. The molecule has 6 heteroatoms. The van der Waals surface area contributed by atoms with Crippen molar-refractivity contribution in [2.24, 2.45) is 0 Å². The van der Waals surface area contributed by atoms with E-state index < -0.39 is 6.10 Å². The SMILES string of the molecule is CC/C=C\C/C=C\C/C=C\C/C=C\CCCCCCCCCCCCCCCCCCC(=O)OCC(COC(=O)CCCCCCC/C=C\CCC)OC(=O)CCCCCCCCCCCCCCC/C=C\CCCCCCCCCC. The molecule has 82 heavy (non-hydrogen) atoms. The van der Waals surface area contributed by atoms with Crippen molar-refractivity contribution in [1.29, 1.82) is 0 Å². The average Bonchev–Trinajstić information content (AvgIpc) is 3.48. The van der Waals surface area contributed by atoms with Crippen molar-refractivity contribution in [2.45, 2.75) is 380 Å². The first-order chi connectivity index (χ1) is 40.5. The molecule has 6 nitrogen and oxygen atoms in total. The molecule has 0 radical (unpaired) electrons. The number of esters is 3. The Balaban J connectivity index is 4.14. The van der Waals surface area contributed by atoms with Gasteiger partial charge in [-0.3, -0.25) is 14.4 Å². The van der Waals surface area contributed by atoms with E-state index in [1.807, 2.05) is 0 Å². The number of unbranched alkanes of at least 4 members (excludes halogenated alkanes) is 43. The van der Waals surface area contributed by atoms with Crippen LogP contribution in [0.3, 0.4) is 0 Å². The van der Waals surface area contributed by atoms with Gasteiger partial charge in [0.25, 0.3) is 0 Å². The number of allylic oxidation sites excluding steroid dienone is 12. The summed E-state index contributed by atoms with van der Waals surface area (Å²) in [4.78, 5) is 38.4. The molecule has 1 unspecified atom stereocenters. The quantitative estimate of drug-likeness (QED) is 0.0261. The first kappa shape index (κ1) is 78.8. The second kappa shape index (κ2) is 70.3. The minimum atomic E-state index is -0.777. The number of carbonyl (C=O) groups excluding carboxylic acids is 3. The lowest BCUT2D eigenvalue weighted by molar-refractivity contribution is -0.167. The van der Waals surface area contributed by atoms with Gasteiger partial charge in [0, 0.05) is 19.3 Å². The van der Waals surface area contributed by atoms with Crippen LogP contribution >= 0.6 is 0 Å². The van der Waals surface area contributed by atoms with Crippen LogP contribution in [0.15, 0.2) is 72.9 Å². The van der Waals surface area contributed by atoms with Crippen LogP contribution in [0.25, 0.3) is 0 Å². The lowest BCUT2D eigenvalue weighted by atomic mass is 10.0. The number of rotatable bonds is 66. The normalized spacial score (nSPS) is 12.5. The molecule has 0 spiro atoms. The Hall–Kier alpha value is -3.15. The molecule has 0 saturated carbocycles. The minimum absolute atomic E-state index is 0.0740. The summed E-state index contributed by atoms with van der Waals surface area (Å²) in [6.07, 6.45) is 92.4. The van der Waals surface area contributed by atoms with Crippen molar-refractivity contribution in [3.63, 3.8) is 0 Å². The van der Waals surface area contributed by atoms with Crippen LogP contribution in [0.4, 0.5) is 0 Å². The van der Waals surface area contributed by atoms with Crippen LogP contribution in [0.2, 0.25) is 0 Å². The van der Waals surface area contributed by atoms with Crippen LogP contribution < -0.4 is 0 Å². The topological polar surface area (TPSA) is 78.9 Å². The van der Waals surface area contributed by atoms with Crippen LogP contribution in [-0.4, -0.2) is 37.2 Å². The first-order valence-electron chi connectivity index (χ1n) is 35.9. The molecule has 0 aliphatic rings. The highest BCUT2D eigenvalue weighted by atomic mass is 16.6. The fourth-order valence-corrected chi connectivity index (χ4v) is 10.6. The Morgan fingerprint density at radius 2 is 0.500 bits per heavy atom. The Bertz CT molecular complexity index is 1500. The van der Waals surface area contributed by atoms with Crippen LogP contribution in [-0.2, 0) is 28.6 Å². The summed E-state index contributed by atoms with van der Waals surface area (Å²) >= 11 is 0. The van der Waals surface area contributed by atoms with Gasteiger partial charge < -0.3 is 14.2 Å². The molecule has 0 N–H and O–H groups in total. The maximum Gasteiger partial charge on any atom is 0.306 e. The molecule has 0 aromatic rings. The molecule has 1 atom stereocenters. The Morgan fingerprint density at radius 3 is 0.805 bits per heavy atom. The lowest BCUT2D eigenvalue weighted by Gasteiger charge is -2.18. The summed E-state index contributed by atoms with van der Waals surface area (Å²) in [6, 6.07) is 0. The minimum Gasteiger partial charge on any atom is -0.462 e. The van der Waals surface area contributed by atoms with Gasteiger partial charge in [0.2, 0.25) is 0 Å². The summed E-state index contributed by atoms with van der Waals surface area (Å²) in [7, 11) is 0. The van der Waals surface area contributed by atoms with E-state index in [0.717, 1.165) is 96.3 Å². The van der Waals surface area contributed by atoms with Gasteiger partial charge in [0.05, 0.1) is 0 Å². The van der Waals surface area contributed by atoms with E-state index in [1.54, 1.807) is 0 Å². The molecular weight excluding hydrogens is 1010 g/mol. The van der Waals surface area contributed by atoms with Gasteiger partial charge in [-0.1, -0.05) is 325 Å². The van der Waals surface area contributed by atoms with Gasteiger partial charge in [0.15, 0.2) is 6.10 Å². The van der Waals surface area contributed by atoms with E-state index in [-0.39, 0.29) is 31.1 Å². The van der Waals surface area contributed by atoms with Crippen molar-refractivity contribution >= 4 is 17.9 Å². The van der Waals surface area contributed by atoms with Crippen molar-refractivity contribution in [3.05, 3.63) is 72.9 Å². The van der Waals surface area contributed by atoms with Crippen LogP contribution in [0.5, 0.6) is 0 Å². The van der Waals surface area contributed by atoms with Gasteiger partial charge in [0.1, 0.15) is 13.2 Å². The number of hydrogen-bond acceptors (Lipinski definition) is 6. The Morgan fingerprint density at radius 1 is 0.256 bits per heavy atom. The van der Waals surface area contributed by atoms with E-state index in [4.69, 9.17) is 14.2 Å². The lowest BCUT2D eigenvalue weighted by Crippen LogP contribution is -2.30. The summed E-state index contributed by atoms with van der Waals surface area (Å²) in [5, 5.41) is 0. The van der Waals surface area contributed by atoms with Crippen LogP contribution in [0.1, 0.15) is 374 Å². The van der Waals surface area contributed by atoms with Crippen molar-refractivity contribution in [1.82, 2.24) is 0 Å². The molecule has 476 valence electrons. The van der Waals surface area contributed by atoms with Crippen molar-refractivity contribution < 1.29 is 28.6 Å². The predicted octanol–water partition coefficient (Wildman–Crippen LogP) is 24.8. The molecule has 0 bridgehead atoms. The molecule has 0 heterocycles. The molecular formula is C76H136O6. The fraction of sp³-hybridized carbons (Fsp3) is 0.803. The molecule has 0 aliphatic carbocycles. The summed E-state index contributed by atoms with van der Waals surface area (Å²) < 4.78 is 17.0. The fourth-order valence-electron chi connectivity index (χ4n) is 10.6. The van der Waals surface area contributed by atoms with Gasteiger partial charge in [-0.05, 0) is 103 Å². The Labute approximate surface area is 510 Å². The summed E-state index contributed by atoms with van der Waals surface area (Å²) in [5.41, 5.74) is 0. The molecule has 0 fully saturated rings. The predicted molar refractivity (Wildman–Crippen MR) is 358 cm³/mol. The summed E-state index contributed by atoms with van der Waals surface area (Å²) in [6.45, 7) is 6.51. The van der Waals surface area contributed by atoms with Crippen molar-refractivity contribution in [3.8, 4) is 0 Å². The van der Waals surface area contributed by atoms with E-state index in [2.05, 4.69) is 93.7 Å². The molecule has 0 aromatic heterocycles. The molecule has 0 aromatic carbocycles. The third-order valence-corrected chi connectivity index (χ3v) is 15.9. The van der Waals surface area contributed by atoms with E-state index in [9.17, 15) is 14.4 Å². The van der Waals surface area contributed by atoms with Gasteiger partial charge >= 0.3 is 17.9 Å². The molecule has 0 saturated heterocycles. The Kier molecular flexibility index (Phi) is 67.6. The zero-order chi connectivity index (χ0) is 59.2. The highest BCUT2D eigenvalue weighted by molar-refractivity contribution is 5.71. The zero-order valence-electron chi connectivity index (χ0n) is 54.8. The van der Waals surface area contributed by atoms with E-state index in [0.29, 0.717) is 19.3 Å². The standard InChI is InChI=1S/C76H136O6/c1-4-7-10-13-16-19-22-24-26-28-30-32-34-36-37-38-39-41-42-44-46-48-50-52-54-57-60-63-66-69-75(78)81-72-73(71-80-74(77)68-65-62-59-56-21-18-15-12-9-6-3)82-76(79)70-67-64-61-58-55-53-51-49-47-45-43-40-35-33-31-29-27-25-23-20-17-14-11-8-5-2/h7,10,12,15-16,19,24,26,29-32,73H,4-6,8-9,11,13-14,17-18,20-23,25,27-28,33-72H2,1-3H3/b10-7-,15-12-,19-16-,26-24-,31-29-,32-30-. The van der Waals surface area contributed by atoms with Gasteiger partial charge in [-0.2, -0.15) is 0 Å². The number of hydrogen-bond donors (Lipinski definition) is 0. The second-order valence-electron chi connectivity index (χ2n) is 24.1. The zero-order valence-corrected chi connectivity index (χ0v) is 54.8. The maximum atomic E-state index is 12.9. The number of carbonyl (C=O) groups is 3. The highest BCUT2D eigenvalue weighted by Gasteiger charge is 2.19. The molecule has 0 amide bonds. The van der Waals surface area contributed by atoms with E-state index >= 15 is 0 Å². The largest absolute Gasteiger partial charge is 0.462 e. The van der Waals surface area contributed by atoms with Gasteiger partial charge in [-0.15, -0.1) is 0 Å². The number of ether oxygens (including phenoxy) is 3. The molecule has 0 aliphatic heterocycles. The van der Waals surface area contributed by atoms with Gasteiger partial charge in [-0.25, -0.2) is 0 Å². The second-order valence-corrected chi connectivity index (χ2v) is 24.1. The maximum absolute atomic E-state index is 12.9. The average molecular weight is 1150 g/mol. The first-order valence-corrected chi connectivity index (χ1v) is 35.9. The third-order valence-electron chi connectivity index (χ3n) is 15.9. The highest BCUT2D eigenvalue weighted by Crippen LogP contribution is 2.18.